The van der Waals surface area contributed by atoms with Crippen LogP contribution in [-0.2, 0) is 9.53 Å². The molecule has 0 amide bonds. The maximum absolute atomic E-state index is 12.2. The summed E-state index contributed by atoms with van der Waals surface area (Å²) in [6, 6.07) is 9.51. The number of phenolic OH excluding ortho intramolecular Hbond substituents is 1. The lowest BCUT2D eigenvalue weighted by Gasteiger charge is -2.30. The van der Waals surface area contributed by atoms with E-state index in [-0.39, 0.29) is 18.6 Å². The van der Waals surface area contributed by atoms with Crippen molar-refractivity contribution in [3.63, 3.8) is 0 Å². The van der Waals surface area contributed by atoms with Gasteiger partial charge in [-0.1, -0.05) is 0 Å². The van der Waals surface area contributed by atoms with Gasteiger partial charge in [-0.05, 0) is 30.3 Å². The second-order valence-corrected chi connectivity index (χ2v) is 6.26. The lowest BCUT2D eigenvalue weighted by atomic mass is 10.1. The Morgan fingerprint density at radius 2 is 1.82 bits per heavy atom. The van der Waals surface area contributed by atoms with Crippen molar-refractivity contribution in [1.29, 1.82) is 0 Å². The molecule has 28 heavy (non-hydrogen) atoms. The zero-order valence-corrected chi connectivity index (χ0v) is 15.1. The van der Waals surface area contributed by atoms with E-state index in [2.05, 4.69) is 0 Å². The first-order chi connectivity index (χ1) is 13.5. The molecule has 0 saturated carbocycles. The van der Waals surface area contributed by atoms with Crippen LogP contribution in [0.15, 0.2) is 45.6 Å². The molecular weight excluding hydrogens is 368 g/mol. The van der Waals surface area contributed by atoms with Crippen molar-refractivity contribution in [2.75, 3.05) is 7.11 Å². The minimum atomic E-state index is -0.768. The molecule has 3 atom stereocenters. The first-order valence-corrected chi connectivity index (χ1v) is 8.63. The third kappa shape index (κ3) is 3.99. The van der Waals surface area contributed by atoms with Gasteiger partial charge in [0.25, 0.3) is 0 Å². The molecular formula is C20H20O8. The van der Waals surface area contributed by atoms with Crippen molar-refractivity contribution in [1.82, 2.24) is 0 Å². The van der Waals surface area contributed by atoms with Crippen LogP contribution < -0.4 is 10.4 Å². The predicted octanol–water partition coefficient (Wildman–Crippen LogP) is 1.70. The van der Waals surface area contributed by atoms with E-state index in [4.69, 9.17) is 19.0 Å². The minimum Gasteiger partial charge on any atom is -0.508 e. The lowest BCUT2D eigenvalue weighted by molar-refractivity contribution is -0.176. The molecule has 8 nitrogen and oxygen atoms in total. The highest BCUT2D eigenvalue weighted by Gasteiger charge is 2.29. The van der Waals surface area contributed by atoms with Crippen LogP contribution in [0.2, 0.25) is 0 Å². The molecule has 1 aliphatic rings. The van der Waals surface area contributed by atoms with E-state index < -0.39 is 24.1 Å². The molecule has 0 radical (unpaired) electrons. The molecule has 2 aromatic carbocycles. The molecule has 1 fully saturated rings. The van der Waals surface area contributed by atoms with Gasteiger partial charge in [-0.3, -0.25) is 0 Å². The number of hydrogen-bond donors (Lipinski definition) is 3. The van der Waals surface area contributed by atoms with Gasteiger partial charge >= 0.3 is 5.63 Å². The summed E-state index contributed by atoms with van der Waals surface area (Å²) in [5.74, 6) is 0.379. The van der Waals surface area contributed by atoms with E-state index in [1.807, 2.05) is 0 Å². The topological polar surface area (TPSA) is 126 Å². The largest absolute Gasteiger partial charge is 0.508 e. The summed E-state index contributed by atoms with van der Waals surface area (Å²) >= 11 is 0. The molecule has 4 rings (SSSR count). The first kappa shape index (κ1) is 19.8. The maximum Gasteiger partial charge on any atom is 0.344 e. The molecule has 1 saturated heterocycles. The molecule has 8 heteroatoms. The Morgan fingerprint density at radius 3 is 2.57 bits per heavy atom. The van der Waals surface area contributed by atoms with Crippen LogP contribution in [0, 0.1) is 0 Å². The summed E-state index contributed by atoms with van der Waals surface area (Å²) in [6.07, 6.45) is -1.04. The number of rotatable bonds is 3. The fourth-order valence-electron chi connectivity index (χ4n) is 3.18. The van der Waals surface area contributed by atoms with Crippen molar-refractivity contribution in [3.8, 4) is 11.5 Å². The van der Waals surface area contributed by atoms with E-state index in [1.165, 1.54) is 12.1 Å². The zero-order valence-electron chi connectivity index (χ0n) is 15.1. The molecule has 0 bridgehead atoms. The Morgan fingerprint density at radius 1 is 1.07 bits per heavy atom. The van der Waals surface area contributed by atoms with Gasteiger partial charge in [0.2, 0.25) is 6.29 Å². The minimum absolute atomic E-state index is 0.0122. The van der Waals surface area contributed by atoms with Crippen molar-refractivity contribution in [2.45, 2.75) is 31.3 Å². The number of fused-ring (bicyclic) bond motifs is 3. The smallest absolute Gasteiger partial charge is 0.344 e. The summed E-state index contributed by atoms with van der Waals surface area (Å²) in [7, 11) is 1.00. The number of carbonyl (C=O) groups excluding carboxylic acids is 1. The Bertz CT molecular complexity index is 1040. The molecule has 3 unspecified atom stereocenters. The zero-order chi connectivity index (χ0) is 20.3. The van der Waals surface area contributed by atoms with Crippen LogP contribution in [0.5, 0.6) is 11.5 Å². The average molecular weight is 388 g/mol. The van der Waals surface area contributed by atoms with E-state index in [0.29, 0.717) is 33.8 Å². The number of aliphatic hydroxyl groups excluding tert-OH is 2. The van der Waals surface area contributed by atoms with Crippen molar-refractivity contribution >= 4 is 28.0 Å². The lowest BCUT2D eigenvalue weighted by Crippen LogP contribution is -2.39. The van der Waals surface area contributed by atoms with Crippen LogP contribution >= 0.6 is 0 Å². The number of aliphatic hydroxyl groups is 2. The third-order valence-corrected chi connectivity index (χ3v) is 4.38. The van der Waals surface area contributed by atoms with Gasteiger partial charge in [0.1, 0.15) is 29.5 Å². The van der Waals surface area contributed by atoms with Gasteiger partial charge in [0, 0.05) is 36.8 Å². The summed E-state index contributed by atoms with van der Waals surface area (Å²) < 4.78 is 16.5. The molecule has 2 heterocycles. The van der Waals surface area contributed by atoms with Crippen molar-refractivity contribution in [2.24, 2.45) is 0 Å². The quantitative estimate of drug-likeness (QED) is 0.352. The van der Waals surface area contributed by atoms with Gasteiger partial charge in [-0.15, -0.1) is 0 Å². The Hall–Kier alpha value is -2.94. The average Bonchev–Trinajstić information content (AvgIpc) is 2.69. The fourth-order valence-corrected chi connectivity index (χ4v) is 3.18. The van der Waals surface area contributed by atoms with E-state index in [9.17, 15) is 19.8 Å². The second kappa shape index (κ2) is 8.39. The highest BCUT2D eigenvalue weighted by atomic mass is 16.7. The molecule has 148 valence electrons. The monoisotopic (exact) mass is 388 g/mol. The molecule has 0 aliphatic carbocycles. The van der Waals surface area contributed by atoms with Crippen LogP contribution in [0.4, 0.5) is 0 Å². The van der Waals surface area contributed by atoms with E-state index in [0.717, 1.165) is 7.11 Å². The number of aromatic hydroxyl groups is 1. The summed E-state index contributed by atoms with van der Waals surface area (Å²) in [5, 5.41) is 28.0. The van der Waals surface area contributed by atoms with Crippen molar-refractivity contribution in [3.05, 3.63) is 46.8 Å². The molecule has 3 N–H and O–H groups in total. The van der Waals surface area contributed by atoms with Crippen LogP contribution in [0.3, 0.4) is 0 Å². The van der Waals surface area contributed by atoms with Gasteiger partial charge < -0.3 is 34.0 Å². The number of hydrogen-bond acceptors (Lipinski definition) is 8. The van der Waals surface area contributed by atoms with Gasteiger partial charge in [-0.25, -0.2) is 4.79 Å². The Balaban J connectivity index is 0.00000109. The Kier molecular flexibility index (Phi) is 5.93. The van der Waals surface area contributed by atoms with Crippen LogP contribution in [0.25, 0.3) is 21.7 Å². The highest BCUT2D eigenvalue weighted by molar-refractivity contribution is 6.04. The van der Waals surface area contributed by atoms with Crippen LogP contribution in [-0.4, -0.2) is 47.2 Å². The first-order valence-electron chi connectivity index (χ1n) is 8.63. The number of benzene rings is 2. The number of carbonyl (C=O) groups is 1. The van der Waals surface area contributed by atoms with Crippen LogP contribution in [0.1, 0.15) is 12.8 Å². The third-order valence-electron chi connectivity index (χ3n) is 4.38. The SMILES string of the molecule is CO.O=CC1CC(O)CC(Oc2ccc3c(c2)oc(=O)c2cc(O)ccc23)O1. The standard InChI is InChI=1S/C19H16O7.CH4O/c20-9-13-5-11(22)7-18(25-13)24-12-2-4-15-14-3-1-10(21)6-16(14)19(23)26-17(15)8-12;1-2/h1-4,6,8-9,11,13,18,21-22H,5,7H2;2H,1H3. The highest BCUT2D eigenvalue weighted by Crippen LogP contribution is 2.29. The van der Waals surface area contributed by atoms with Gasteiger partial charge in [-0.2, -0.15) is 0 Å². The summed E-state index contributed by atoms with van der Waals surface area (Å²) in [6.45, 7) is 0. The second-order valence-electron chi connectivity index (χ2n) is 6.26. The van der Waals surface area contributed by atoms with E-state index >= 15 is 0 Å². The molecule has 1 aromatic heterocycles. The molecule has 1 aliphatic heterocycles. The molecule has 0 spiro atoms. The van der Waals surface area contributed by atoms with Gasteiger partial charge in [0.05, 0.1) is 11.5 Å². The maximum atomic E-state index is 12.2. The van der Waals surface area contributed by atoms with E-state index in [1.54, 1.807) is 24.3 Å². The summed E-state index contributed by atoms with van der Waals surface area (Å²) in [5.41, 5.74) is -0.236. The number of aldehydes is 1. The summed E-state index contributed by atoms with van der Waals surface area (Å²) in [4.78, 5) is 23.1. The van der Waals surface area contributed by atoms with Crippen molar-refractivity contribution < 1.29 is 34.0 Å². The van der Waals surface area contributed by atoms with Gasteiger partial charge in [0.15, 0.2) is 0 Å². The molecule has 3 aromatic rings. The predicted molar refractivity (Wildman–Crippen MR) is 100 cm³/mol. The number of phenols is 1. The Labute approximate surface area is 159 Å². The fraction of sp³-hybridized carbons (Fsp3) is 0.300. The normalized spacial score (nSPS) is 21.8. The number of ether oxygens (including phenoxy) is 2.